The van der Waals surface area contributed by atoms with E-state index >= 15 is 0 Å². The lowest BCUT2D eigenvalue weighted by molar-refractivity contribution is -0.272. The summed E-state index contributed by atoms with van der Waals surface area (Å²) in [6.07, 6.45) is 10.7. The molecule has 2 heteroatoms. The van der Waals surface area contributed by atoms with Crippen LogP contribution in [-0.2, 0) is 9.78 Å². The monoisotopic (exact) mass is 188 g/mol. The molecule has 0 unspecified atom stereocenters. The van der Waals surface area contributed by atoms with Crippen LogP contribution in [0.5, 0.6) is 0 Å². The summed E-state index contributed by atoms with van der Waals surface area (Å²) in [6.45, 7) is 2.99. The van der Waals surface area contributed by atoms with E-state index in [4.69, 9.17) is 4.89 Å². The minimum atomic E-state index is 0.742. The first-order chi connectivity index (χ1) is 6.41. The molecule has 0 heterocycles. The van der Waals surface area contributed by atoms with Crippen molar-refractivity contribution in [2.75, 3.05) is 13.7 Å². The predicted octanol–water partition coefficient (Wildman–Crippen LogP) is 3.71. The topological polar surface area (TPSA) is 18.5 Å². The molecule has 0 radical (unpaired) electrons. The standard InChI is InChI=1S/C11H24O2/c1-3-4-5-6-7-8-9-10-11-13-12-2/h3-11H2,1-2H3. The highest BCUT2D eigenvalue weighted by atomic mass is 17.2. The van der Waals surface area contributed by atoms with Gasteiger partial charge in [-0.05, 0) is 6.42 Å². The summed E-state index contributed by atoms with van der Waals surface area (Å²) < 4.78 is 0. The minimum absolute atomic E-state index is 0.742. The van der Waals surface area contributed by atoms with Gasteiger partial charge in [-0.25, -0.2) is 9.78 Å². The smallest absolute Gasteiger partial charge is 0.0822 e. The summed E-state index contributed by atoms with van der Waals surface area (Å²) in [7, 11) is 1.56. The van der Waals surface area contributed by atoms with Gasteiger partial charge in [-0.15, -0.1) is 0 Å². The molecule has 0 amide bonds. The molecular weight excluding hydrogens is 164 g/mol. The molecule has 0 spiro atoms. The van der Waals surface area contributed by atoms with Gasteiger partial charge >= 0.3 is 0 Å². The SMILES string of the molecule is CCCCCCCCCCOOC. The van der Waals surface area contributed by atoms with Crippen LogP contribution in [0.3, 0.4) is 0 Å². The van der Waals surface area contributed by atoms with E-state index in [1.165, 1.54) is 44.9 Å². The van der Waals surface area contributed by atoms with Crippen LogP contribution in [0.15, 0.2) is 0 Å². The van der Waals surface area contributed by atoms with Crippen LogP contribution in [0.25, 0.3) is 0 Å². The van der Waals surface area contributed by atoms with Gasteiger partial charge < -0.3 is 0 Å². The van der Waals surface area contributed by atoms with E-state index in [1.54, 1.807) is 7.11 Å². The van der Waals surface area contributed by atoms with Crippen molar-refractivity contribution >= 4 is 0 Å². The average molecular weight is 188 g/mol. The highest BCUT2D eigenvalue weighted by molar-refractivity contribution is 4.44. The summed E-state index contributed by atoms with van der Waals surface area (Å²) in [5.74, 6) is 0. The first-order valence-corrected chi connectivity index (χ1v) is 5.57. The third kappa shape index (κ3) is 11.9. The Labute approximate surface area is 82.5 Å². The molecule has 0 rings (SSSR count). The van der Waals surface area contributed by atoms with Gasteiger partial charge in [-0.3, -0.25) is 0 Å². The Morgan fingerprint density at radius 1 is 0.769 bits per heavy atom. The van der Waals surface area contributed by atoms with E-state index in [2.05, 4.69) is 11.8 Å². The molecule has 0 saturated heterocycles. The second-order valence-corrected chi connectivity index (χ2v) is 3.46. The lowest BCUT2D eigenvalue weighted by Gasteiger charge is -2.01. The molecule has 0 aromatic heterocycles. The molecule has 2 nitrogen and oxygen atoms in total. The zero-order valence-corrected chi connectivity index (χ0v) is 9.18. The minimum Gasteiger partial charge on any atom is -0.240 e. The molecule has 0 aliphatic carbocycles. The van der Waals surface area contributed by atoms with E-state index in [0.29, 0.717) is 0 Å². The fourth-order valence-corrected chi connectivity index (χ4v) is 1.38. The molecule has 0 aromatic carbocycles. The number of unbranched alkanes of at least 4 members (excludes halogenated alkanes) is 7. The second kappa shape index (κ2) is 11.9. The number of rotatable bonds is 10. The third-order valence-electron chi connectivity index (χ3n) is 2.20. The normalized spacial score (nSPS) is 10.6. The summed E-state index contributed by atoms with van der Waals surface area (Å²) >= 11 is 0. The average Bonchev–Trinajstić information content (AvgIpc) is 2.16. The Morgan fingerprint density at radius 2 is 1.31 bits per heavy atom. The van der Waals surface area contributed by atoms with Gasteiger partial charge in [-0.2, -0.15) is 0 Å². The summed E-state index contributed by atoms with van der Waals surface area (Å²) in [6, 6.07) is 0. The van der Waals surface area contributed by atoms with Crippen LogP contribution < -0.4 is 0 Å². The Morgan fingerprint density at radius 3 is 1.85 bits per heavy atom. The third-order valence-corrected chi connectivity index (χ3v) is 2.20. The van der Waals surface area contributed by atoms with Crippen LogP contribution in [0, 0.1) is 0 Å². The summed E-state index contributed by atoms with van der Waals surface area (Å²) in [5.41, 5.74) is 0. The fourth-order valence-electron chi connectivity index (χ4n) is 1.38. The Hall–Kier alpha value is -0.0800. The first-order valence-electron chi connectivity index (χ1n) is 5.57. The van der Waals surface area contributed by atoms with Gasteiger partial charge in [0.2, 0.25) is 0 Å². The molecule has 0 bridgehead atoms. The number of hydrogen-bond donors (Lipinski definition) is 0. The van der Waals surface area contributed by atoms with Gasteiger partial charge in [0.1, 0.15) is 0 Å². The molecule has 0 aliphatic heterocycles. The maximum Gasteiger partial charge on any atom is 0.0822 e. The van der Waals surface area contributed by atoms with Crippen molar-refractivity contribution in [2.24, 2.45) is 0 Å². The summed E-state index contributed by atoms with van der Waals surface area (Å²) in [4.78, 5) is 9.28. The fraction of sp³-hybridized carbons (Fsp3) is 1.00. The lowest BCUT2D eigenvalue weighted by atomic mass is 10.1. The van der Waals surface area contributed by atoms with Gasteiger partial charge in [0.25, 0.3) is 0 Å². The maximum absolute atomic E-state index is 4.78. The quantitative estimate of drug-likeness (QED) is 0.295. The van der Waals surface area contributed by atoms with Crippen LogP contribution in [-0.4, -0.2) is 13.7 Å². The van der Waals surface area contributed by atoms with Crippen molar-refractivity contribution in [3.05, 3.63) is 0 Å². The van der Waals surface area contributed by atoms with E-state index in [0.717, 1.165) is 13.0 Å². The van der Waals surface area contributed by atoms with Crippen LogP contribution in [0.1, 0.15) is 58.3 Å². The van der Waals surface area contributed by atoms with E-state index in [1.807, 2.05) is 0 Å². The Kier molecular flexibility index (Phi) is 11.8. The molecule has 0 aliphatic rings. The predicted molar refractivity (Wildman–Crippen MR) is 55.6 cm³/mol. The van der Waals surface area contributed by atoms with Crippen molar-refractivity contribution in [3.8, 4) is 0 Å². The van der Waals surface area contributed by atoms with Crippen LogP contribution in [0.4, 0.5) is 0 Å². The Bertz CT molecular complexity index is 74.2. The largest absolute Gasteiger partial charge is 0.240 e. The van der Waals surface area contributed by atoms with Gasteiger partial charge in [0.15, 0.2) is 0 Å². The highest BCUT2D eigenvalue weighted by Gasteiger charge is 1.91. The zero-order chi connectivity index (χ0) is 9.78. The van der Waals surface area contributed by atoms with Crippen molar-refractivity contribution < 1.29 is 9.78 Å². The molecule has 0 atom stereocenters. The van der Waals surface area contributed by atoms with Crippen molar-refractivity contribution in [3.63, 3.8) is 0 Å². The van der Waals surface area contributed by atoms with Gasteiger partial charge in [0.05, 0.1) is 13.7 Å². The Balaban J connectivity index is 2.76. The van der Waals surface area contributed by atoms with E-state index in [9.17, 15) is 0 Å². The highest BCUT2D eigenvalue weighted by Crippen LogP contribution is 2.08. The molecule has 0 aromatic rings. The lowest BCUT2D eigenvalue weighted by Crippen LogP contribution is -1.92. The van der Waals surface area contributed by atoms with Gasteiger partial charge in [0, 0.05) is 0 Å². The van der Waals surface area contributed by atoms with Crippen molar-refractivity contribution in [2.45, 2.75) is 58.3 Å². The van der Waals surface area contributed by atoms with Gasteiger partial charge in [-0.1, -0.05) is 51.9 Å². The van der Waals surface area contributed by atoms with Crippen LogP contribution in [0.2, 0.25) is 0 Å². The molecule has 13 heavy (non-hydrogen) atoms. The molecule has 0 saturated carbocycles. The van der Waals surface area contributed by atoms with E-state index < -0.39 is 0 Å². The van der Waals surface area contributed by atoms with Crippen molar-refractivity contribution in [1.29, 1.82) is 0 Å². The molecule has 80 valence electrons. The second-order valence-electron chi connectivity index (χ2n) is 3.46. The first kappa shape index (κ1) is 12.9. The molecular formula is C11H24O2. The molecule has 0 fully saturated rings. The maximum atomic E-state index is 4.78. The summed E-state index contributed by atoms with van der Waals surface area (Å²) in [5, 5.41) is 0. The molecule has 0 N–H and O–H groups in total. The number of hydrogen-bond acceptors (Lipinski definition) is 2. The van der Waals surface area contributed by atoms with E-state index in [-0.39, 0.29) is 0 Å². The van der Waals surface area contributed by atoms with Crippen LogP contribution >= 0.6 is 0 Å². The van der Waals surface area contributed by atoms with Crippen molar-refractivity contribution in [1.82, 2.24) is 0 Å². The zero-order valence-electron chi connectivity index (χ0n) is 9.18.